The molecular formula is C18H30N2. The first-order valence-electron chi connectivity index (χ1n) is 8.08. The zero-order chi connectivity index (χ0) is 14.5. The second-order valence-electron chi connectivity index (χ2n) is 6.57. The molecule has 1 N–H and O–H groups in total. The van der Waals surface area contributed by atoms with Gasteiger partial charge in [0.15, 0.2) is 0 Å². The summed E-state index contributed by atoms with van der Waals surface area (Å²) in [6, 6.07) is 10.2. The molecule has 112 valence electrons. The Balaban J connectivity index is 1.91. The van der Waals surface area contributed by atoms with E-state index in [4.69, 9.17) is 0 Å². The van der Waals surface area contributed by atoms with E-state index in [0.717, 1.165) is 12.0 Å². The molecule has 20 heavy (non-hydrogen) atoms. The lowest BCUT2D eigenvalue weighted by Gasteiger charge is -2.37. The van der Waals surface area contributed by atoms with Crippen LogP contribution in [0.5, 0.6) is 0 Å². The molecule has 1 saturated heterocycles. The summed E-state index contributed by atoms with van der Waals surface area (Å²) in [6.45, 7) is 9.38. The molecule has 0 amide bonds. The zero-order valence-electron chi connectivity index (χ0n) is 13.5. The number of aryl methyl sites for hydroxylation is 1. The largest absolute Gasteiger partial charge is 0.313 e. The lowest BCUT2D eigenvalue weighted by Crippen LogP contribution is -2.42. The molecule has 3 unspecified atom stereocenters. The van der Waals surface area contributed by atoms with E-state index in [1.165, 1.54) is 43.5 Å². The number of rotatable bonds is 5. The van der Waals surface area contributed by atoms with E-state index in [0.29, 0.717) is 6.04 Å². The fourth-order valence-electron chi connectivity index (χ4n) is 3.26. The average Bonchev–Trinajstić information content (AvgIpc) is 2.45. The lowest BCUT2D eigenvalue weighted by molar-refractivity contribution is 0.119. The highest BCUT2D eigenvalue weighted by atomic mass is 15.2. The number of benzene rings is 1. The molecule has 0 aromatic heterocycles. The highest BCUT2D eigenvalue weighted by Gasteiger charge is 2.23. The monoisotopic (exact) mass is 274 g/mol. The van der Waals surface area contributed by atoms with E-state index in [9.17, 15) is 0 Å². The van der Waals surface area contributed by atoms with Gasteiger partial charge in [-0.05, 0) is 51.6 Å². The molecule has 2 heteroatoms. The minimum atomic E-state index is 0.472. The van der Waals surface area contributed by atoms with Crippen LogP contribution in [0.3, 0.4) is 0 Å². The van der Waals surface area contributed by atoms with Crippen molar-refractivity contribution in [3.8, 4) is 0 Å². The summed E-state index contributed by atoms with van der Waals surface area (Å²) in [7, 11) is 2.08. The molecule has 0 aliphatic carbocycles. The summed E-state index contributed by atoms with van der Waals surface area (Å²) in [5, 5.41) is 3.48. The van der Waals surface area contributed by atoms with Gasteiger partial charge in [-0.1, -0.05) is 36.8 Å². The minimum Gasteiger partial charge on any atom is -0.313 e. The van der Waals surface area contributed by atoms with Gasteiger partial charge in [0.25, 0.3) is 0 Å². The maximum atomic E-state index is 3.48. The number of nitrogens with one attached hydrogen (secondary N) is 1. The molecule has 1 aromatic carbocycles. The Morgan fingerprint density at radius 2 is 1.90 bits per heavy atom. The number of nitrogens with zero attached hydrogens (tertiary/aromatic N) is 1. The Morgan fingerprint density at radius 1 is 1.20 bits per heavy atom. The molecule has 0 bridgehead atoms. The van der Waals surface area contributed by atoms with Crippen LogP contribution in [-0.4, -0.2) is 31.1 Å². The number of hydrogen-bond acceptors (Lipinski definition) is 2. The van der Waals surface area contributed by atoms with Crippen molar-refractivity contribution in [1.82, 2.24) is 10.2 Å². The van der Waals surface area contributed by atoms with Gasteiger partial charge < -0.3 is 10.2 Å². The summed E-state index contributed by atoms with van der Waals surface area (Å²) < 4.78 is 0. The molecule has 0 saturated carbocycles. The van der Waals surface area contributed by atoms with Crippen LogP contribution in [0.1, 0.15) is 50.3 Å². The van der Waals surface area contributed by atoms with Crippen LogP contribution in [0.25, 0.3) is 0 Å². The van der Waals surface area contributed by atoms with E-state index in [1.807, 2.05) is 0 Å². The van der Waals surface area contributed by atoms with E-state index in [2.05, 4.69) is 62.3 Å². The van der Waals surface area contributed by atoms with E-state index < -0.39 is 0 Å². The van der Waals surface area contributed by atoms with Crippen molar-refractivity contribution in [3.63, 3.8) is 0 Å². The van der Waals surface area contributed by atoms with Gasteiger partial charge in [-0.15, -0.1) is 0 Å². The van der Waals surface area contributed by atoms with Gasteiger partial charge in [-0.25, -0.2) is 0 Å². The first-order valence-corrected chi connectivity index (χ1v) is 8.08. The predicted molar refractivity (Wildman–Crippen MR) is 87.0 cm³/mol. The molecule has 2 nitrogen and oxygen atoms in total. The van der Waals surface area contributed by atoms with Crippen molar-refractivity contribution in [2.75, 3.05) is 20.1 Å². The standard InChI is InChI=1S/C18H30N2/c1-14-6-9-17(10-7-14)18(19-4)11-12-20-13-15(2)5-8-16(20)3/h6-7,9-10,15-16,18-19H,5,8,11-13H2,1-4H3. The fourth-order valence-corrected chi connectivity index (χ4v) is 3.26. The summed E-state index contributed by atoms with van der Waals surface area (Å²) in [4.78, 5) is 2.67. The van der Waals surface area contributed by atoms with Gasteiger partial charge in [0.05, 0.1) is 0 Å². The van der Waals surface area contributed by atoms with Gasteiger partial charge in [0.1, 0.15) is 0 Å². The van der Waals surface area contributed by atoms with Gasteiger partial charge in [-0.2, -0.15) is 0 Å². The first kappa shape index (κ1) is 15.5. The van der Waals surface area contributed by atoms with Crippen molar-refractivity contribution in [2.24, 2.45) is 5.92 Å². The molecule has 0 spiro atoms. The van der Waals surface area contributed by atoms with Crippen LogP contribution in [0.4, 0.5) is 0 Å². The van der Waals surface area contributed by atoms with Crippen molar-refractivity contribution < 1.29 is 0 Å². The Hall–Kier alpha value is -0.860. The van der Waals surface area contributed by atoms with Gasteiger partial charge in [0, 0.05) is 25.2 Å². The third-order valence-corrected chi connectivity index (χ3v) is 4.78. The van der Waals surface area contributed by atoms with Crippen molar-refractivity contribution in [3.05, 3.63) is 35.4 Å². The molecular weight excluding hydrogens is 244 g/mol. The number of likely N-dealkylation sites (tertiary alicyclic amines) is 1. The SMILES string of the molecule is CNC(CCN1CC(C)CCC1C)c1ccc(C)cc1. The fraction of sp³-hybridized carbons (Fsp3) is 0.667. The van der Waals surface area contributed by atoms with Crippen LogP contribution in [0.15, 0.2) is 24.3 Å². The quantitative estimate of drug-likeness (QED) is 0.879. The molecule has 3 atom stereocenters. The Morgan fingerprint density at radius 3 is 2.55 bits per heavy atom. The van der Waals surface area contributed by atoms with Crippen molar-refractivity contribution in [2.45, 2.75) is 52.1 Å². The van der Waals surface area contributed by atoms with Gasteiger partial charge >= 0.3 is 0 Å². The minimum absolute atomic E-state index is 0.472. The van der Waals surface area contributed by atoms with Crippen LogP contribution in [0, 0.1) is 12.8 Å². The third-order valence-electron chi connectivity index (χ3n) is 4.78. The maximum Gasteiger partial charge on any atom is 0.0329 e. The number of piperidine rings is 1. The second-order valence-corrected chi connectivity index (χ2v) is 6.57. The average molecular weight is 274 g/mol. The zero-order valence-corrected chi connectivity index (χ0v) is 13.5. The van der Waals surface area contributed by atoms with E-state index >= 15 is 0 Å². The first-order chi connectivity index (χ1) is 9.60. The highest BCUT2D eigenvalue weighted by molar-refractivity contribution is 5.24. The molecule has 2 rings (SSSR count). The maximum absolute atomic E-state index is 3.48. The highest BCUT2D eigenvalue weighted by Crippen LogP contribution is 2.24. The smallest absolute Gasteiger partial charge is 0.0329 e. The van der Waals surface area contributed by atoms with Crippen LogP contribution in [0.2, 0.25) is 0 Å². The molecule has 1 aliphatic rings. The topological polar surface area (TPSA) is 15.3 Å². The molecule has 1 aromatic rings. The predicted octanol–water partition coefficient (Wildman–Crippen LogP) is 3.77. The summed E-state index contributed by atoms with van der Waals surface area (Å²) >= 11 is 0. The Kier molecular flexibility index (Phi) is 5.62. The second kappa shape index (κ2) is 7.24. The summed E-state index contributed by atoms with van der Waals surface area (Å²) in [5.74, 6) is 0.860. The molecule has 1 heterocycles. The summed E-state index contributed by atoms with van der Waals surface area (Å²) in [6.07, 6.45) is 3.94. The van der Waals surface area contributed by atoms with Gasteiger partial charge in [0.2, 0.25) is 0 Å². The Bertz CT molecular complexity index is 398. The van der Waals surface area contributed by atoms with Crippen molar-refractivity contribution in [1.29, 1.82) is 0 Å². The molecule has 1 aliphatic heterocycles. The summed E-state index contributed by atoms with van der Waals surface area (Å²) in [5.41, 5.74) is 2.75. The van der Waals surface area contributed by atoms with Crippen LogP contribution < -0.4 is 5.32 Å². The van der Waals surface area contributed by atoms with Crippen LogP contribution in [-0.2, 0) is 0 Å². The van der Waals surface area contributed by atoms with E-state index in [1.54, 1.807) is 0 Å². The number of hydrogen-bond donors (Lipinski definition) is 1. The third kappa shape index (κ3) is 4.07. The van der Waals surface area contributed by atoms with Gasteiger partial charge in [-0.3, -0.25) is 0 Å². The van der Waals surface area contributed by atoms with Crippen molar-refractivity contribution >= 4 is 0 Å². The lowest BCUT2D eigenvalue weighted by atomic mass is 9.94. The molecule has 1 fully saturated rings. The normalized spacial score (nSPS) is 25.6. The Labute approximate surface area is 124 Å². The van der Waals surface area contributed by atoms with E-state index in [-0.39, 0.29) is 0 Å². The molecule has 0 radical (unpaired) electrons. The van der Waals surface area contributed by atoms with Crippen LogP contribution >= 0.6 is 0 Å².